The SMILES string of the molecule is O=c1[nH]c(=O)n(C(O)O)cc1F. The quantitative estimate of drug-likeness (QED) is 0.436. The summed E-state index contributed by atoms with van der Waals surface area (Å²) in [4.78, 5) is 22.6. The number of nitrogens with zero attached hydrogens (tertiary/aromatic N) is 1. The highest BCUT2D eigenvalue weighted by Gasteiger charge is 2.07. The van der Waals surface area contributed by atoms with Gasteiger partial charge >= 0.3 is 5.69 Å². The average Bonchev–Trinajstić information content (AvgIpc) is 1.96. The smallest absolute Gasteiger partial charge is 0.332 e. The molecule has 7 heteroatoms. The highest BCUT2D eigenvalue weighted by atomic mass is 19.1. The molecule has 1 rings (SSSR count). The van der Waals surface area contributed by atoms with Gasteiger partial charge in [0.25, 0.3) is 5.56 Å². The first-order valence-electron chi connectivity index (χ1n) is 2.89. The van der Waals surface area contributed by atoms with Crippen molar-refractivity contribution in [1.29, 1.82) is 0 Å². The zero-order valence-corrected chi connectivity index (χ0v) is 5.69. The molecule has 0 aliphatic rings. The van der Waals surface area contributed by atoms with Crippen LogP contribution in [0.4, 0.5) is 4.39 Å². The molecule has 0 bridgehead atoms. The minimum Gasteiger partial charge on any atom is -0.351 e. The van der Waals surface area contributed by atoms with Gasteiger partial charge in [-0.2, -0.15) is 4.39 Å². The maximum absolute atomic E-state index is 12.4. The number of rotatable bonds is 1. The molecule has 1 heterocycles. The van der Waals surface area contributed by atoms with Gasteiger partial charge in [0.15, 0.2) is 0 Å². The topological polar surface area (TPSA) is 95.3 Å². The number of nitrogens with one attached hydrogen (secondary N) is 1. The zero-order valence-electron chi connectivity index (χ0n) is 5.69. The van der Waals surface area contributed by atoms with Crippen molar-refractivity contribution in [3.05, 3.63) is 32.9 Å². The Morgan fingerprint density at radius 1 is 1.50 bits per heavy atom. The monoisotopic (exact) mass is 176 g/mol. The van der Waals surface area contributed by atoms with E-state index in [9.17, 15) is 14.0 Å². The van der Waals surface area contributed by atoms with Gasteiger partial charge in [-0.25, -0.2) is 9.36 Å². The Bertz CT molecular complexity index is 393. The van der Waals surface area contributed by atoms with Gasteiger partial charge in [-0.3, -0.25) is 9.78 Å². The highest BCUT2D eigenvalue weighted by Crippen LogP contribution is 1.90. The van der Waals surface area contributed by atoms with Crippen molar-refractivity contribution < 1.29 is 14.6 Å². The first kappa shape index (κ1) is 8.62. The molecule has 0 aromatic carbocycles. The van der Waals surface area contributed by atoms with Gasteiger partial charge < -0.3 is 10.2 Å². The molecule has 0 radical (unpaired) electrons. The number of halogens is 1. The van der Waals surface area contributed by atoms with Crippen LogP contribution in [0.3, 0.4) is 0 Å². The maximum Gasteiger partial charge on any atom is 0.332 e. The highest BCUT2D eigenvalue weighted by molar-refractivity contribution is 4.86. The first-order chi connectivity index (χ1) is 5.52. The number of hydrogen-bond acceptors (Lipinski definition) is 4. The molecule has 0 aliphatic carbocycles. The molecule has 3 N–H and O–H groups in total. The van der Waals surface area contributed by atoms with E-state index in [1.807, 2.05) is 0 Å². The van der Waals surface area contributed by atoms with E-state index in [4.69, 9.17) is 10.2 Å². The van der Waals surface area contributed by atoms with Crippen LogP contribution in [0.15, 0.2) is 15.8 Å². The molecule has 1 aromatic rings. The molecule has 0 saturated carbocycles. The molecular weight excluding hydrogens is 171 g/mol. The second kappa shape index (κ2) is 2.88. The Balaban J connectivity index is 3.44. The van der Waals surface area contributed by atoms with Crippen LogP contribution < -0.4 is 11.2 Å². The largest absolute Gasteiger partial charge is 0.351 e. The summed E-state index contributed by atoms with van der Waals surface area (Å²) >= 11 is 0. The minimum absolute atomic E-state index is 0.233. The van der Waals surface area contributed by atoms with Crippen molar-refractivity contribution in [2.24, 2.45) is 0 Å². The molecule has 0 amide bonds. The predicted molar refractivity (Wildman–Crippen MR) is 34.8 cm³/mol. The van der Waals surface area contributed by atoms with Crippen LogP contribution in [-0.4, -0.2) is 19.8 Å². The number of aliphatic hydroxyl groups excluding tert-OH is 1. The summed E-state index contributed by atoms with van der Waals surface area (Å²) in [7, 11) is 0. The first-order valence-corrected chi connectivity index (χ1v) is 2.89. The number of aliphatic hydroxyl groups is 2. The Morgan fingerprint density at radius 3 is 2.58 bits per heavy atom. The lowest BCUT2D eigenvalue weighted by Crippen LogP contribution is -2.33. The van der Waals surface area contributed by atoms with E-state index >= 15 is 0 Å². The van der Waals surface area contributed by atoms with Crippen molar-refractivity contribution in [3.63, 3.8) is 0 Å². The van der Waals surface area contributed by atoms with Crippen LogP contribution in [0, 0.1) is 5.82 Å². The summed E-state index contributed by atoms with van der Waals surface area (Å²) in [5.74, 6) is -1.26. The van der Waals surface area contributed by atoms with Crippen LogP contribution in [0.5, 0.6) is 0 Å². The van der Waals surface area contributed by atoms with Gasteiger partial charge in [0.05, 0.1) is 6.20 Å². The fraction of sp³-hybridized carbons (Fsp3) is 0.200. The van der Waals surface area contributed by atoms with E-state index in [1.54, 1.807) is 4.98 Å². The second-order valence-electron chi connectivity index (χ2n) is 1.99. The molecule has 0 aliphatic heterocycles. The predicted octanol–water partition coefficient (Wildman–Crippen LogP) is -1.88. The summed E-state index contributed by atoms with van der Waals surface area (Å²) in [5, 5.41) is 16.9. The third kappa shape index (κ3) is 1.41. The fourth-order valence-electron chi connectivity index (χ4n) is 0.632. The van der Waals surface area contributed by atoms with Crippen molar-refractivity contribution in [2.75, 3.05) is 0 Å². The van der Waals surface area contributed by atoms with Crippen molar-refractivity contribution in [1.82, 2.24) is 9.55 Å². The molecule has 0 atom stereocenters. The normalized spacial score (nSPS) is 10.7. The van der Waals surface area contributed by atoms with Gasteiger partial charge in [-0.05, 0) is 0 Å². The molecule has 6 nitrogen and oxygen atoms in total. The van der Waals surface area contributed by atoms with E-state index < -0.39 is 23.5 Å². The summed E-state index contributed by atoms with van der Waals surface area (Å²) in [5.41, 5.74) is -2.28. The van der Waals surface area contributed by atoms with Crippen LogP contribution in [-0.2, 0) is 0 Å². The van der Waals surface area contributed by atoms with E-state index in [1.165, 1.54) is 0 Å². The standard InChI is InChI=1S/C5H5FN2O4/c6-2-1-8(5(11)12)4(10)7-3(2)9/h1,5,11-12H,(H,7,9,10). The van der Waals surface area contributed by atoms with Gasteiger partial charge in [0, 0.05) is 0 Å². The number of hydrogen-bond donors (Lipinski definition) is 3. The Hall–Kier alpha value is -1.47. The van der Waals surface area contributed by atoms with E-state index in [-0.39, 0.29) is 4.57 Å². The van der Waals surface area contributed by atoms with Crippen molar-refractivity contribution in [3.8, 4) is 0 Å². The van der Waals surface area contributed by atoms with Crippen LogP contribution in [0.25, 0.3) is 0 Å². The van der Waals surface area contributed by atoms with Gasteiger partial charge in [0.2, 0.25) is 12.2 Å². The third-order valence-electron chi connectivity index (χ3n) is 1.17. The number of H-pyrrole nitrogens is 1. The van der Waals surface area contributed by atoms with Gasteiger partial charge in [-0.15, -0.1) is 0 Å². The van der Waals surface area contributed by atoms with Crippen LogP contribution >= 0.6 is 0 Å². The second-order valence-corrected chi connectivity index (χ2v) is 1.99. The van der Waals surface area contributed by atoms with Crippen LogP contribution in [0.2, 0.25) is 0 Å². The fourth-order valence-corrected chi connectivity index (χ4v) is 0.632. The van der Waals surface area contributed by atoms with E-state index in [2.05, 4.69) is 0 Å². The Morgan fingerprint density at radius 2 is 2.08 bits per heavy atom. The summed E-state index contributed by atoms with van der Waals surface area (Å²) in [6, 6.07) is 0. The lowest BCUT2D eigenvalue weighted by molar-refractivity contribution is -0.106. The molecule has 66 valence electrons. The van der Waals surface area contributed by atoms with Gasteiger partial charge in [-0.1, -0.05) is 0 Å². The molecule has 1 aromatic heterocycles. The van der Waals surface area contributed by atoms with E-state index in [0.29, 0.717) is 6.20 Å². The Kier molecular flexibility index (Phi) is 2.07. The molecular formula is C5H5FN2O4. The lowest BCUT2D eigenvalue weighted by atomic mass is 10.6. The zero-order chi connectivity index (χ0) is 9.30. The molecule has 0 fully saturated rings. The molecule has 0 saturated heterocycles. The third-order valence-corrected chi connectivity index (χ3v) is 1.17. The Labute approximate surface area is 64.5 Å². The molecule has 12 heavy (non-hydrogen) atoms. The van der Waals surface area contributed by atoms with Gasteiger partial charge in [0.1, 0.15) is 0 Å². The average molecular weight is 176 g/mol. The number of aromatic nitrogens is 2. The number of aromatic amines is 1. The van der Waals surface area contributed by atoms with Crippen molar-refractivity contribution >= 4 is 0 Å². The van der Waals surface area contributed by atoms with Crippen molar-refractivity contribution in [2.45, 2.75) is 6.41 Å². The summed E-state index contributed by atoms with van der Waals surface area (Å²) in [6.07, 6.45) is -1.75. The maximum atomic E-state index is 12.4. The summed E-state index contributed by atoms with van der Waals surface area (Å²) < 4.78 is 12.6. The minimum atomic E-state index is -2.16. The van der Waals surface area contributed by atoms with Crippen LogP contribution in [0.1, 0.15) is 6.41 Å². The molecule has 0 unspecified atom stereocenters. The van der Waals surface area contributed by atoms with E-state index in [0.717, 1.165) is 0 Å². The lowest BCUT2D eigenvalue weighted by Gasteiger charge is -2.04. The molecule has 0 spiro atoms. The summed E-state index contributed by atoms with van der Waals surface area (Å²) in [6.45, 7) is 0.